The molecule has 0 bridgehead atoms. The Bertz CT molecular complexity index is 2710. The van der Waals surface area contributed by atoms with Gasteiger partial charge in [0.05, 0.1) is 0 Å². The molecule has 0 unspecified atom stereocenters. The third kappa shape index (κ3) is 3.39. The topological polar surface area (TPSA) is 0 Å². The highest BCUT2D eigenvalue weighted by molar-refractivity contribution is 6.28. The third-order valence-electron chi connectivity index (χ3n) is 11.1. The molecule has 0 saturated carbocycles. The number of hydrogen-bond donors (Lipinski definition) is 0. The van der Waals surface area contributed by atoms with Gasteiger partial charge in [0.1, 0.15) is 0 Å². The maximum atomic E-state index is 2.44. The highest BCUT2D eigenvalue weighted by atomic mass is 14.3. The van der Waals surface area contributed by atoms with E-state index in [1.54, 1.807) is 0 Å². The second-order valence-electron chi connectivity index (χ2n) is 13.4. The Morgan fingerprint density at radius 3 is 1.50 bits per heavy atom. The average Bonchev–Trinajstić information content (AvgIpc) is 3.66. The Balaban J connectivity index is 1.27. The molecule has 0 aromatic heterocycles. The average molecular weight is 607 g/mol. The summed E-state index contributed by atoms with van der Waals surface area (Å²) in [6, 6.07) is 58.9. The van der Waals surface area contributed by atoms with Crippen LogP contribution in [0, 0.1) is 0 Å². The minimum absolute atomic E-state index is 1.04. The molecule has 0 N–H and O–H groups in total. The van der Waals surface area contributed by atoms with Crippen molar-refractivity contribution >= 4 is 32.7 Å². The molecule has 8 aromatic rings. The van der Waals surface area contributed by atoms with Crippen LogP contribution < -0.4 is 10.4 Å². The fourth-order valence-corrected chi connectivity index (χ4v) is 9.27. The van der Waals surface area contributed by atoms with Crippen molar-refractivity contribution in [2.24, 2.45) is 0 Å². The Hall–Kier alpha value is -5.98. The van der Waals surface area contributed by atoms with Gasteiger partial charge in [-0.3, -0.25) is 0 Å². The van der Waals surface area contributed by atoms with Crippen LogP contribution in [-0.2, 0) is 0 Å². The largest absolute Gasteiger partial charge is 0.0622 e. The second kappa shape index (κ2) is 9.77. The summed E-state index contributed by atoms with van der Waals surface area (Å²) in [5.41, 5.74) is 19.1. The van der Waals surface area contributed by atoms with Crippen molar-refractivity contribution in [1.82, 2.24) is 0 Å². The van der Waals surface area contributed by atoms with Crippen LogP contribution in [0.4, 0.5) is 0 Å². The van der Waals surface area contributed by atoms with Gasteiger partial charge in [0.25, 0.3) is 0 Å². The summed E-state index contributed by atoms with van der Waals surface area (Å²) in [7, 11) is 0. The van der Waals surface area contributed by atoms with Gasteiger partial charge in [0, 0.05) is 0 Å². The fourth-order valence-electron chi connectivity index (χ4n) is 9.27. The summed E-state index contributed by atoms with van der Waals surface area (Å²) >= 11 is 0. The molecule has 0 saturated heterocycles. The van der Waals surface area contributed by atoms with E-state index in [1.165, 1.54) is 110 Å². The molecular weight excluding hydrogens is 577 g/mol. The minimum Gasteiger partial charge on any atom is -0.0622 e. The lowest BCUT2D eigenvalue weighted by atomic mass is 9.82. The first-order valence-corrected chi connectivity index (χ1v) is 17.1. The number of fused-ring (bicyclic) bond motifs is 7. The zero-order valence-corrected chi connectivity index (χ0v) is 26.4. The van der Waals surface area contributed by atoms with E-state index < -0.39 is 0 Å². The Labute approximate surface area is 279 Å². The van der Waals surface area contributed by atoms with Crippen LogP contribution in [0.5, 0.6) is 0 Å². The van der Waals surface area contributed by atoms with Gasteiger partial charge in [-0.05, 0) is 123 Å². The standard InChI is InChI=1S/C48H30/c1-3-13-29(14-4-1)43-38-19-9-10-20-39(38)44(30-15-5-2-6-16-30)48-42-28-26-34(37-23-12-24-41(46(37)42)47(43)48)33-25-27-40-32-18-8-7-17-31(32)35-21-11-22-36(33)45(35)40/h1-24,26,28H,25,27H2. The quantitative estimate of drug-likeness (QED) is 0.188. The minimum atomic E-state index is 1.04. The van der Waals surface area contributed by atoms with Crippen LogP contribution in [0.3, 0.4) is 0 Å². The molecule has 0 heteroatoms. The van der Waals surface area contributed by atoms with Crippen LogP contribution in [0.25, 0.3) is 88.3 Å². The Kier molecular flexibility index (Phi) is 5.32. The highest BCUT2D eigenvalue weighted by Crippen LogP contribution is 2.58. The maximum absolute atomic E-state index is 2.44. The zero-order valence-electron chi connectivity index (χ0n) is 26.4. The van der Waals surface area contributed by atoms with E-state index in [0.717, 1.165) is 12.8 Å². The SMILES string of the molecule is c1ccc(-c2c3c(c(-c4ccccc4)c4ccccc24)-c2ccc(C4=c5cccc6c5=C(CC4)c4ccccc4-6)c4cccc-3c24)cc1. The lowest BCUT2D eigenvalue weighted by Crippen LogP contribution is -2.32. The molecule has 0 heterocycles. The van der Waals surface area contributed by atoms with Gasteiger partial charge in [-0.15, -0.1) is 0 Å². The van der Waals surface area contributed by atoms with E-state index in [4.69, 9.17) is 0 Å². The maximum Gasteiger partial charge on any atom is -0.000741 e. The molecule has 48 heavy (non-hydrogen) atoms. The van der Waals surface area contributed by atoms with Gasteiger partial charge in [0.2, 0.25) is 0 Å². The summed E-state index contributed by atoms with van der Waals surface area (Å²) in [6.45, 7) is 0. The van der Waals surface area contributed by atoms with E-state index in [-0.39, 0.29) is 0 Å². The zero-order chi connectivity index (χ0) is 31.3. The predicted octanol–water partition coefficient (Wildman–Crippen LogP) is 11.1. The molecule has 8 aromatic carbocycles. The summed E-state index contributed by atoms with van der Waals surface area (Å²) in [6.07, 6.45) is 2.11. The normalized spacial score (nSPS) is 13.6. The van der Waals surface area contributed by atoms with Crippen molar-refractivity contribution in [3.05, 3.63) is 179 Å². The molecule has 0 atom stereocenters. The molecule has 0 amide bonds. The van der Waals surface area contributed by atoms with E-state index in [2.05, 4.69) is 158 Å². The van der Waals surface area contributed by atoms with Crippen molar-refractivity contribution in [3.8, 4) is 55.6 Å². The molecule has 0 nitrogen and oxygen atoms in total. The molecule has 0 aliphatic heterocycles. The van der Waals surface area contributed by atoms with Crippen molar-refractivity contribution in [2.45, 2.75) is 12.8 Å². The first kappa shape index (κ1) is 26.1. The van der Waals surface area contributed by atoms with E-state index in [1.807, 2.05) is 0 Å². The molecular formula is C48H30. The number of hydrogen-bond acceptors (Lipinski definition) is 0. The molecule has 3 aliphatic rings. The molecule has 0 fully saturated rings. The molecule has 222 valence electrons. The van der Waals surface area contributed by atoms with Crippen molar-refractivity contribution in [2.75, 3.05) is 0 Å². The van der Waals surface area contributed by atoms with E-state index >= 15 is 0 Å². The fraction of sp³-hybridized carbons (Fsp3) is 0.0417. The second-order valence-corrected chi connectivity index (χ2v) is 13.4. The number of benzene rings is 8. The van der Waals surface area contributed by atoms with Gasteiger partial charge in [-0.25, -0.2) is 0 Å². The molecule has 0 radical (unpaired) electrons. The van der Waals surface area contributed by atoms with Crippen LogP contribution in [0.1, 0.15) is 24.0 Å². The summed E-state index contributed by atoms with van der Waals surface area (Å²) in [5.74, 6) is 0. The summed E-state index contributed by atoms with van der Waals surface area (Å²) < 4.78 is 0. The third-order valence-corrected chi connectivity index (χ3v) is 11.1. The van der Waals surface area contributed by atoms with Gasteiger partial charge in [-0.1, -0.05) is 158 Å². The monoisotopic (exact) mass is 606 g/mol. The van der Waals surface area contributed by atoms with Crippen molar-refractivity contribution in [1.29, 1.82) is 0 Å². The van der Waals surface area contributed by atoms with Crippen LogP contribution in [-0.4, -0.2) is 0 Å². The van der Waals surface area contributed by atoms with Gasteiger partial charge >= 0.3 is 0 Å². The predicted molar refractivity (Wildman–Crippen MR) is 202 cm³/mol. The molecule has 11 rings (SSSR count). The summed E-state index contributed by atoms with van der Waals surface area (Å²) in [5, 5.41) is 8.20. The van der Waals surface area contributed by atoms with Gasteiger partial charge < -0.3 is 0 Å². The van der Waals surface area contributed by atoms with Gasteiger partial charge in [-0.2, -0.15) is 0 Å². The van der Waals surface area contributed by atoms with Crippen molar-refractivity contribution in [3.63, 3.8) is 0 Å². The summed E-state index contributed by atoms with van der Waals surface area (Å²) in [4.78, 5) is 0. The lowest BCUT2D eigenvalue weighted by molar-refractivity contribution is 1.05. The molecule has 0 spiro atoms. The Morgan fingerprint density at radius 2 is 0.792 bits per heavy atom. The Morgan fingerprint density at radius 1 is 0.292 bits per heavy atom. The van der Waals surface area contributed by atoms with E-state index in [9.17, 15) is 0 Å². The lowest BCUT2D eigenvalue weighted by Gasteiger charge is -2.20. The highest BCUT2D eigenvalue weighted by Gasteiger charge is 2.32. The first-order valence-electron chi connectivity index (χ1n) is 17.1. The molecule has 3 aliphatic carbocycles. The van der Waals surface area contributed by atoms with Crippen molar-refractivity contribution < 1.29 is 0 Å². The first-order chi connectivity index (χ1) is 23.9. The van der Waals surface area contributed by atoms with Crippen LogP contribution in [0.15, 0.2) is 158 Å². The van der Waals surface area contributed by atoms with E-state index in [0.29, 0.717) is 0 Å². The number of rotatable bonds is 3. The van der Waals surface area contributed by atoms with Crippen LogP contribution in [0.2, 0.25) is 0 Å². The van der Waals surface area contributed by atoms with Gasteiger partial charge in [0.15, 0.2) is 0 Å². The van der Waals surface area contributed by atoms with Crippen LogP contribution >= 0.6 is 0 Å². The smallest absolute Gasteiger partial charge is 0.000741 e.